The SMILES string of the molecule is CC(Nc1cccc2[nH]ncc12)c1cccc(Cl)c1Cl. The molecule has 0 aliphatic carbocycles. The monoisotopic (exact) mass is 305 g/mol. The van der Waals surface area contributed by atoms with Crippen molar-refractivity contribution in [2.45, 2.75) is 13.0 Å². The fourth-order valence-corrected chi connectivity index (χ4v) is 2.73. The summed E-state index contributed by atoms with van der Waals surface area (Å²) >= 11 is 12.3. The lowest BCUT2D eigenvalue weighted by Gasteiger charge is -2.18. The van der Waals surface area contributed by atoms with E-state index in [1.165, 1.54) is 0 Å². The van der Waals surface area contributed by atoms with E-state index in [2.05, 4.69) is 22.4 Å². The predicted octanol–water partition coefficient (Wildman–Crippen LogP) is 5.04. The van der Waals surface area contributed by atoms with Crippen molar-refractivity contribution >= 4 is 39.8 Å². The number of aromatic amines is 1. The fourth-order valence-electron chi connectivity index (χ4n) is 2.26. The molecule has 0 radical (unpaired) electrons. The van der Waals surface area contributed by atoms with Crippen LogP contribution in [0.5, 0.6) is 0 Å². The van der Waals surface area contributed by atoms with Crippen LogP contribution < -0.4 is 5.32 Å². The lowest BCUT2D eigenvalue weighted by molar-refractivity contribution is 0.887. The van der Waals surface area contributed by atoms with Crippen LogP contribution in [0.1, 0.15) is 18.5 Å². The number of anilines is 1. The van der Waals surface area contributed by atoms with Gasteiger partial charge >= 0.3 is 0 Å². The lowest BCUT2D eigenvalue weighted by Crippen LogP contribution is -2.07. The lowest BCUT2D eigenvalue weighted by atomic mass is 10.1. The van der Waals surface area contributed by atoms with E-state index in [4.69, 9.17) is 23.2 Å². The summed E-state index contributed by atoms with van der Waals surface area (Å²) in [5.74, 6) is 0. The summed E-state index contributed by atoms with van der Waals surface area (Å²) < 4.78 is 0. The summed E-state index contributed by atoms with van der Waals surface area (Å²) in [6.45, 7) is 2.05. The van der Waals surface area contributed by atoms with Crippen LogP contribution in [0.2, 0.25) is 10.0 Å². The number of nitrogens with zero attached hydrogens (tertiary/aromatic N) is 1. The Hall–Kier alpha value is -1.71. The molecule has 0 aliphatic rings. The molecule has 0 amide bonds. The van der Waals surface area contributed by atoms with Gasteiger partial charge in [-0.2, -0.15) is 5.10 Å². The quantitative estimate of drug-likeness (QED) is 0.711. The van der Waals surface area contributed by atoms with Crippen LogP contribution in [0, 0.1) is 0 Å². The molecule has 3 rings (SSSR count). The van der Waals surface area contributed by atoms with Gasteiger partial charge in [0, 0.05) is 11.1 Å². The molecule has 3 nitrogen and oxygen atoms in total. The Morgan fingerprint density at radius 1 is 1.15 bits per heavy atom. The van der Waals surface area contributed by atoms with E-state index in [0.29, 0.717) is 10.0 Å². The van der Waals surface area contributed by atoms with Gasteiger partial charge in [0.05, 0.1) is 27.8 Å². The number of rotatable bonds is 3. The van der Waals surface area contributed by atoms with Gasteiger partial charge in [0.15, 0.2) is 0 Å². The number of hydrogen-bond donors (Lipinski definition) is 2. The van der Waals surface area contributed by atoms with E-state index < -0.39 is 0 Å². The zero-order valence-corrected chi connectivity index (χ0v) is 12.3. The van der Waals surface area contributed by atoms with Crippen LogP contribution >= 0.6 is 23.2 Å². The van der Waals surface area contributed by atoms with Crippen molar-refractivity contribution in [3.8, 4) is 0 Å². The molecule has 1 unspecified atom stereocenters. The van der Waals surface area contributed by atoms with Crippen molar-refractivity contribution in [3.05, 3.63) is 58.2 Å². The first-order valence-corrected chi connectivity index (χ1v) is 7.05. The Bertz CT molecular complexity index is 752. The molecule has 0 bridgehead atoms. The molecule has 1 atom stereocenters. The number of nitrogens with one attached hydrogen (secondary N) is 2. The van der Waals surface area contributed by atoms with E-state index in [-0.39, 0.29) is 6.04 Å². The second kappa shape index (κ2) is 5.35. The van der Waals surface area contributed by atoms with Crippen LogP contribution in [0.25, 0.3) is 10.9 Å². The van der Waals surface area contributed by atoms with Gasteiger partial charge in [0.1, 0.15) is 0 Å². The topological polar surface area (TPSA) is 40.7 Å². The molecule has 20 heavy (non-hydrogen) atoms. The van der Waals surface area contributed by atoms with Crippen LogP contribution in [0.4, 0.5) is 5.69 Å². The molecule has 1 aromatic heterocycles. The summed E-state index contributed by atoms with van der Waals surface area (Å²) in [5.41, 5.74) is 2.99. The zero-order valence-electron chi connectivity index (χ0n) is 10.8. The third-order valence-corrected chi connectivity index (χ3v) is 4.14. The van der Waals surface area contributed by atoms with Crippen molar-refractivity contribution < 1.29 is 0 Å². The van der Waals surface area contributed by atoms with Gasteiger partial charge in [0.2, 0.25) is 0 Å². The maximum atomic E-state index is 6.26. The molecule has 0 saturated heterocycles. The highest BCUT2D eigenvalue weighted by molar-refractivity contribution is 6.42. The van der Waals surface area contributed by atoms with Gasteiger partial charge < -0.3 is 5.32 Å². The van der Waals surface area contributed by atoms with E-state index in [0.717, 1.165) is 22.2 Å². The second-order valence-corrected chi connectivity index (χ2v) is 5.43. The molecule has 0 saturated carbocycles. The Labute approximate surface area is 126 Å². The third kappa shape index (κ3) is 2.35. The first-order valence-electron chi connectivity index (χ1n) is 6.29. The van der Waals surface area contributed by atoms with Gasteiger partial charge in [-0.25, -0.2) is 0 Å². The van der Waals surface area contributed by atoms with E-state index >= 15 is 0 Å². The molecular formula is C15H13Cl2N3. The maximum Gasteiger partial charge on any atom is 0.0671 e. The minimum absolute atomic E-state index is 0.0432. The number of H-pyrrole nitrogens is 1. The van der Waals surface area contributed by atoms with Gasteiger partial charge in [-0.15, -0.1) is 0 Å². The van der Waals surface area contributed by atoms with Crippen LogP contribution in [0.15, 0.2) is 42.6 Å². The molecule has 0 spiro atoms. The smallest absolute Gasteiger partial charge is 0.0671 e. The summed E-state index contributed by atoms with van der Waals surface area (Å²) in [6, 6.07) is 11.7. The molecule has 0 fully saturated rings. The Morgan fingerprint density at radius 3 is 2.80 bits per heavy atom. The van der Waals surface area contributed by atoms with Crippen molar-refractivity contribution in [2.24, 2.45) is 0 Å². The van der Waals surface area contributed by atoms with Gasteiger partial charge in [-0.1, -0.05) is 41.4 Å². The highest BCUT2D eigenvalue weighted by Gasteiger charge is 2.13. The summed E-state index contributed by atoms with van der Waals surface area (Å²) in [5, 5.41) is 12.7. The van der Waals surface area contributed by atoms with Crippen molar-refractivity contribution in [1.82, 2.24) is 10.2 Å². The standard InChI is InChI=1S/C15H13Cl2N3/c1-9(10-4-2-5-12(16)15(10)17)19-13-6-3-7-14-11(13)8-18-20-14/h2-9,19H,1H3,(H,18,20). The number of aromatic nitrogens is 2. The average molecular weight is 306 g/mol. The summed E-state index contributed by atoms with van der Waals surface area (Å²) in [4.78, 5) is 0. The average Bonchev–Trinajstić information content (AvgIpc) is 2.91. The first-order chi connectivity index (χ1) is 9.66. The van der Waals surface area contributed by atoms with E-state index in [9.17, 15) is 0 Å². The van der Waals surface area contributed by atoms with Crippen LogP contribution in [-0.2, 0) is 0 Å². The number of fused-ring (bicyclic) bond motifs is 1. The normalized spacial score (nSPS) is 12.6. The number of halogens is 2. The summed E-state index contributed by atoms with van der Waals surface area (Å²) in [7, 11) is 0. The highest BCUT2D eigenvalue weighted by Crippen LogP contribution is 2.32. The molecule has 1 heterocycles. The van der Waals surface area contributed by atoms with Crippen LogP contribution in [-0.4, -0.2) is 10.2 Å². The highest BCUT2D eigenvalue weighted by atomic mass is 35.5. The Kier molecular flexibility index (Phi) is 3.55. The molecule has 5 heteroatoms. The van der Waals surface area contributed by atoms with Gasteiger partial charge in [0.25, 0.3) is 0 Å². The zero-order chi connectivity index (χ0) is 14.1. The second-order valence-electron chi connectivity index (χ2n) is 4.65. The van der Waals surface area contributed by atoms with E-state index in [1.54, 1.807) is 6.07 Å². The molecule has 2 N–H and O–H groups in total. The maximum absolute atomic E-state index is 6.26. The minimum atomic E-state index is 0.0432. The number of hydrogen-bond acceptors (Lipinski definition) is 2. The molecular weight excluding hydrogens is 293 g/mol. The van der Waals surface area contributed by atoms with Crippen molar-refractivity contribution in [3.63, 3.8) is 0 Å². The molecule has 2 aromatic carbocycles. The van der Waals surface area contributed by atoms with E-state index in [1.807, 2.05) is 36.5 Å². The summed E-state index contributed by atoms with van der Waals surface area (Å²) in [6.07, 6.45) is 1.81. The largest absolute Gasteiger partial charge is 0.378 e. The van der Waals surface area contributed by atoms with Crippen molar-refractivity contribution in [1.29, 1.82) is 0 Å². The third-order valence-electron chi connectivity index (χ3n) is 3.30. The fraction of sp³-hybridized carbons (Fsp3) is 0.133. The number of benzene rings is 2. The predicted molar refractivity (Wildman–Crippen MR) is 84.6 cm³/mol. The Balaban J connectivity index is 1.94. The minimum Gasteiger partial charge on any atom is -0.378 e. The van der Waals surface area contributed by atoms with Crippen LogP contribution in [0.3, 0.4) is 0 Å². The van der Waals surface area contributed by atoms with Gasteiger partial charge in [-0.05, 0) is 30.7 Å². The van der Waals surface area contributed by atoms with Crippen molar-refractivity contribution in [2.75, 3.05) is 5.32 Å². The molecule has 102 valence electrons. The molecule has 0 aliphatic heterocycles. The first kappa shape index (κ1) is 13.3. The Morgan fingerprint density at radius 2 is 1.95 bits per heavy atom. The molecule has 3 aromatic rings. The van der Waals surface area contributed by atoms with Gasteiger partial charge in [-0.3, -0.25) is 5.10 Å².